The molecule has 0 unspecified atom stereocenters. The molecule has 0 bridgehead atoms. The Kier molecular flexibility index (Phi) is 6.39. The van der Waals surface area contributed by atoms with Crippen LogP contribution >= 0.6 is 11.6 Å². The molecule has 1 N–H and O–H groups in total. The summed E-state index contributed by atoms with van der Waals surface area (Å²) in [7, 11) is -4.12. The number of hydrogen-bond acceptors (Lipinski definition) is 6. The number of likely N-dealkylation sites (N-methyl/N-ethyl adjacent to an activating group) is 1. The fourth-order valence-corrected chi connectivity index (χ4v) is 5.73. The van der Waals surface area contributed by atoms with Crippen LogP contribution in [0, 0.1) is 0 Å². The number of piperazine rings is 1. The molecule has 1 aliphatic rings. The lowest BCUT2D eigenvalue weighted by Crippen LogP contribution is -2.46. The Bertz CT molecular complexity index is 1080. The van der Waals surface area contributed by atoms with Gasteiger partial charge in [0, 0.05) is 31.9 Å². The molecule has 1 heterocycles. The molecule has 0 radical (unpaired) electrons. The quantitative estimate of drug-likeness (QED) is 0.710. The number of nitrogens with one attached hydrogen (secondary N) is 1. The number of anilines is 1. The summed E-state index contributed by atoms with van der Waals surface area (Å²) in [5.74, 6) is 0.365. The molecule has 1 fully saturated rings. The lowest BCUT2D eigenvalue weighted by atomic mass is 10.3. The van der Waals surface area contributed by atoms with Gasteiger partial charge in [0.05, 0.1) is 21.9 Å². The van der Waals surface area contributed by atoms with E-state index in [2.05, 4.69) is 9.62 Å². The van der Waals surface area contributed by atoms with Crippen LogP contribution in [0.15, 0.2) is 52.3 Å². The Balaban J connectivity index is 1.77. The van der Waals surface area contributed by atoms with Crippen LogP contribution in [-0.4, -0.2) is 66.4 Å². The van der Waals surface area contributed by atoms with Crippen LogP contribution in [0.25, 0.3) is 0 Å². The molecular formula is C18H22ClN3O5S2. The third kappa shape index (κ3) is 4.84. The van der Waals surface area contributed by atoms with E-state index in [1.54, 1.807) is 0 Å². The number of methoxy groups -OCH3 is 1. The van der Waals surface area contributed by atoms with Gasteiger partial charge in [-0.2, -0.15) is 4.31 Å². The number of ether oxygens (including phenoxy) is 1. The molecule has 0 saturated carbocycles. The number of benzene rings is 2. The highest BCUT2D eigenvalue weighted by Crippen LogP contribution is 2.28. The van der Waals surface area contributed by atoms with Gasteiger partial charge in [0.15, 0.2) is 0 Å². The second-order valence-corrected chi connectivity index (χ2v) is 10.7. The molecule has 3 rings (SSSR count). The van der Waals surface area contributed by atoms with E-state index >= 15 is 0 Å². The molecule has 1 saturated heterocycles. The van der Waals surface area contributed by atoms with E-state index in [9.17, 15) is 16.8 Å². The van der Waals surface area contributed by atoms with Crippen LogP contribution in [-0.2, 0) is 20.0 Å². The second kappa shape index (κ2) is 8.49. The van der Waals surface area contributed by atoms with Gasteiger partial charge in [0.1, 0.15) is 5.75 Å². The van der Waals surface area contributed by atoms with Crippen LogP contribution in [0.2, 0.25) is 5.02 Å². The summed E-state index contributed by atoms with van der Waals surface area (Å²) in [5.41, 5.74) is 0.245. The standard InChI is InChI=1S/C18H22ClN3O5S2/c1-21-9-11-22(12-10-21)29(25,26)15-5-3-14(4-6-15)20-28(23,24)16-7-8-18(27-2)17(19)13-16/h3-8,13,20H,9-12H2,1-2H3. The Morgan fingerprint density at radius 3 is 2.07 bits per heavy atom. The van der Waals surface area contributed by atoms with Crippen molar-refractivity contribution in [2.45, 2.75) is 9.79 Å². The summed E-state index contributed by atoms with van der Waals surface area (Å²) in [6.45, 7) is 2.18. The molecule has 29 heavy (non-hydrogen) atoms. The average molecular weight is 460 g/mol. The first kappa shape index (κ1) is 21.8. The van der Waals surface area contributed by atoms with Crippen molar-refractivity contribution >= 4 is 37.3 Å². The maximum atomic E-state index is 12.8. The fourth-order valence-electron chi connectivity index (χ4n) is 2.90. The van der Waals surface area contributed by atoms with Crippen LogP contribution in [0.1, 0.15) is 0 Å². The number of nitrogens with zero attached hydrogens (tertiary/aromatic N) is 2. The van der Waals surface area contributed by atoms with Crippen molar-refractivity contribution in [1.29, 1.82) is 0 Å². The zero-order chi connectivity index (χ0) is 21.2. The van der Waals surface area contributed by atoms with Crippen molar-refractivity contribution in [2.75, 3.05) is 45.1 Å². The molecule has 158 valence electrons. The maximum absolute atomic E-state index is 12.8. The highest BCUT2D eigenvalue weighted by molar-refractivity contribution is 7.92. The first-order chi connectivity index (χ1) is 13.6. The van der Waals surface area contributed by atoms with Crippen LogP contribution in [0.5, 0.6) is 5.75 Å². The SMILES string of the molecule is COc1ccc(S(=O)(=O)Nc2ccc(S(=O)(=O)N3CCN(C)CC3)cc2)cc1Cl. The average Bonchev–Trinajstić information content (AvgIpc) is 2.68. The summed E-state index contributed by atoms with van der Waals surface area (Å²) in [6, 6.07) is 9.76. The maximum Gasteiger partial charge on any atom is 0.261 e. The van der Waals surface area contributed by atoms with Crippen molar-refractivity contribution in [3.05, 3.63) is 47.5 Å². The van der Waals surface area contributed by atoms with Crippen molar-refractivity contribution in [3.8, 4) is 5.75 Å². The first-order valence-electron chi connectivity index (χ1n) is 8.78. The van der Waals surface area contributed by atoms with E-state index < -0.39 is 20.0 Å². The highest BCUT2D eigenvalue weighted by atomic mass is 35.5. The number of halogens is 1. The van der Waals surface area contributed by atoms with Gasteiger partial charge < -0.3 is 9.64 Å². The first-order valence-corrected chi connectivity index (χ1v) is 12.1. The topological polar surface area (TPSA) is 96.0 Å². The Labute approximate surface area is 176 Å². The monoisotopic (exact) mass is 459 g/mol. The van der Waals surface area contributed by atoms with E-state index in [0.29, 0.717) is 31.9 Å². The predicted octanol–water partition coefficient (Wildman–Crippen LogP) is 2.09. The zero-order valence-corrected chi connectivity index (χ0v) is 18.4. The van der Waals surface area contributed by atoms with Gasteiger partial charge in [-0.15, -0.1) is 0 Å². The smallest absolute Gasteiger partial charge is 0.261 e. The van der Waals surface area contributed by atoms with Crippen LogP contribution < -0.4 is 9.46 Å². The minimum atomic E-state index is -3.89. The molecule has 2 aromatic rings. The van der Waals surface area contributed by atoms with Crippen molar-refractivity contribution in [1.82, 2.24) is 9.21 Å². The van der Waals surface area contributed by atoms with Crippen LogP contribution in [0.4, 0.5) is 5.69 Å². The number of hydrogen-bond donors (Lipinski definition) is 1. The van der Waals surface area contributed by atoms with Gasteiger partial charge in [-0.25, -0.2) is 16.8 Å². The molecule has 11 heteroatoms. The summed E-state index contributed by atoms with van der Waals surface area (Å²) in [4.78, 5) is 2.16. The van der Waals surface area contributed by atoms with Crippen molar-refractivity contribution < 1.29 is 21.6 Å². The third-order valence-corrected chi connectivity index (χ3v) is 8.23. The lowest BCUT2D eigenvalue weighted by molar-refractivity contribution is 0.222. The fraction of sp³-hybridized carbons (Fsp3) is 0.333. The van der Waals surface area contributed by atoms with E-state index in [4.69, 9.17) is 16.3 Å². The van der Waals surface area contributed by atoms with E-state index in [0.717, 1.165) is 0 Å². The summed E-state index contributed by atoms with van der Waals surface area (Å²) >= 11 is 6.00. The highest BCUT2D eigenvalue weighted by Gasteiger charge is 2.27. The molecule has 0 aromatic heterocycles. The molecule has 0 amide bonds. The largest absolute Gasteiger partial charge is 0.495 e. The second-order valence-electron chi connectivity index (χ2n) is 6.63. The van der Waals surface area contributed by atoms with Gasteiger partial charge in [-0.05, 0) is 49.5 Å². The minimum absolute atomic E-state index is 0.0302. The van der Waals surface area contributed by atoms with E-state index in [1.165, 1.54) is 53.9 Å². The van der Waals surface area contributed by atoms with Crippen molar-refractivity contribution in [2.24, 2.45) is 0 Å². The van der Waals surface area contributed by atoms with Gasteiger partial charge in [-0.3, -0.25) is 4.72 Å². The van der Waals surface area contributed by atoms with E-state index in [-0.39, 0.29) is 20.5 Å². The van der Waals surface area contributed by atoms with Gasteiger partial charge in [0.2, 0.25) is 10.0 Å². The van der Waals surface area contributed by atoms with Crippen LogP contribution in [0.3, 0.4) is 0 Å². The summed E-state index contributed by atoms with van der Waals surface area (Å²) < 4.78 is 59.5. The molecule has 0 spiro atoms. The Hall–Kier alpha value is -1.85. The Morgan fingerprint density at radius 1 is 0.931 bits per heavy atom. The van der Waals surface area contributed by atoms with Gasteiger partial charge in [0.25, 0.3) is 10.0 Å². The molecule has 1 aliphatic heterocycles. The normalized spacial score (nSPS) is 16.5. The molecule has 0 aliphatic carbocycles. The van der Waals surface area contributed by atoms with Gasteiger partial charge >= 0.3 is 0 Å². The number of sulfonamides is 2. The Morgan fingerprint density at radius 2 is 1.52 bits per heavy atom. The zero-order valence-electron chi connectivity index (χ0n) is 16.0. The third-order valence-electron chi connectivity index (χ3n) is 4.64. The number of rotatable bonds is 6. The van der Waals surface area contributed by atoms with Gasteiger partial charge in [-0.1, -0.05) is 11.6 Å². The predicted molar refractivity (Wildman–Crippen MR) is 112 cm³/mol. The minimum Gasteiger partial charge on any atom is -0.495 e. The molecule has 2 aromatic carbocycles. The summed E-state index contributed by atoms with van der Waals surface area (Å²) in [5, 5.41) is 0.170. The molecule has 8 nitrogen and oxygen atoms in total. The molecule has 0 atom stereocenters. The van der Waals surface area contributed by atoms with Crippen molar-refractivity contribution in [3.63, 3.8) is 0 Å². The van der Waals surface area contributed by atoms with E-state index in [1.807, 2.05) is 7.05 Å². The molecular weight excluding hydrogens is 438 g/mol. The lowest BCUT2D eigenvalue weighted by Gasteiger charge is -2.31. The summed E-state index contributed by atoms with van der Waals surface area (Å²) in [6.07, 6.45) is 0.